The minimum absolute atomic E-state index is 0.170. The predicted octanol–water partition coefficient (Wildman–Crippen LogP) is 2.37. The van der Waals surface area contributed by atoms with E-state index in [0.29, 0.717) is 6.04 Å². The third-order valence-corrected chi connectivity index (χ3v) is 8.37. The number of hydrogen-bond donors (Lipinski definition) is 0. The third-order valence-electron chi connectivity index (χ3n) is 1.79. The summed E-state index contributed by atoms with van der Waals surface area (Å²) in [6, 6.07) is 0.593. The van der Waals surface area contributed by atoms with Gasteiger partial charge in [-0.15, -0.1) is 0 Å². The third kappa shape index (κ3) is 1.59. The summed E-state index contributed by atoms with van der Waals surface area (Å²) < 4.78 is 11.9. The molecule has 2 rings (SSSR count). The molecular weight excluding hydrogens is 380 g/mol. The van der Waals surface area contributed by atoms with E-state index in [1.807, 2.05) is 0 Å². The summed E-state index contributed by atoms with van der Waals surface area (Å²) in [6.45, 7) is 5.25. The molecule has 0 aromatic heterocycles. The summed E-state index contributed by atoms with van der Waals surface area (Å²) in [5, 5.41) is 0. The molecule has 0 aromatic rings. The van der Waals surface area contributed by atoms with Crippen LogP contribution in [0.2, 0.25) is 0 Å². The van der Waals surface area contributed by atoms with Gasteiger partial charge in [-0.3, -0.25) is 0 Å². The Morgan fingerprint density at radius 1 is 1.58 bits per heavy atom. The normalized spacial score (nSPS) is 21.8. The molecule has 0 saturated carbocycles. The van der Waals surface area contributed by atoms with Gasteiger partial charge in [-0.25, -0.2) is 0 Å². The molecule has 0 atom stereocenters. The van der Waals surface area contributed by atoms with E-state index in [1.54, 1.807) is 0 Å². The molecule has 0 amide bonds. The van der Waals surface area contributed by atoms with Gasteiger partial charge in [-0.2, -0.15) is 0 Å². The highest BCUT2D eigenvalue weighted by atomic mass is 127. The standard InChI is InChI=1S/C8H11I2NO/c1-6(2)11-5-12-7-3-9-4-10-8(7)11/h3-4,6H,5H2,1-2H3. The van der Waals surface area contributed by atoms with E-state index in [1.165, 1.54) is 9.46 Å². The maximum absolute atomic E-state index is 5.62. The van der Waals surface area contributed by atoms with Gasteiger partial charge in [0.1, 0.15) is 3.70 Å². The molecule has 0 aliphatic carbocycles. The van der Waals surface area contributed by atoms with Gasteiger partial charge < -0.3 is 9.64 Å². The Morgan fingerprint density at radius 2 is 2.42 bits per heavy atom. The Bertz CT molecular complexity index is 281. The summed E-state index contributed by atoms with van der Waals surface area (Å²) in [6.07, 6.45) is 0. The lowest BCUT2D eigenvalue weighted by molar-refractivity contribution is 0.142. The molecule has 2 heterocycles. The van der Waals surface area contributed by atoms with Crippen molar-refractivity contribution in [2.45, 2.75) is 19.9 Å². The van der Waals surface area contributed by atoms with E-state index >= 15 is 0 Å². The van der Waals surface area contributed by atoms with Crippen LogP contribution in [0.5, 0.6) is 0 Å². The Morgan fingerprint density at radius 3 is 3.17 bits per heavy atom. The molecule has 12 heavy (non-hydrogen) atoms. The second kappa shape index (κ2) is 3.73. The molecule has 2 aliphatic rings. The lowest BCUT2D eigenvalue weighted by Gasteiger charge is -2.21. The van der Waals surface area contributed by atoms with E-state index in [9.17, 15) is 0 Å². The molecule has 2 nitrogen and oxygen atoms in total. The van der Waals surface area contributed by atoms with E-state index in [0.717, 1.165) is 6.73 Å². The topological polar surface area (TPSA) is 12.5 Å². The van der Waals surface area contributed by atoms with Crippen LogP contribution in [-0.4, -0.2) is 23.7 Å². The van der Waals surface area contributed by atoms with Crippen molar-refractivity contribution in [2.24, 2.45) is 0 Å². The molecule has 2 aliphatic heterocycles. The quantitative estimate of drug-likeness (QED) is 0.503. The fourth-order valence-electron chi connectivity index (χ4n) is 1.11. The van der Waals surface area contributed by atoms with Crippen LogP contribution < -0.4 is 0 Å². The molecule has 0 spiro atoms. The highest BCUT2D eigenvalue weighted by molar-refractivity contribution is 14.3. The average molecular weight is 391 g/mol. The van der Waals surface area contributed by atoms with Crippen LogP contribution in [0.4, 0.5) is 0 Å². The monoisotopic (exact) mass is 391 g/mol. The number of allylic oxidation sites excluding steroid dienone is 1. The van der Waals surface area contributed by atoms with Crippen LogP contribution in [0.1, 0.15) is 13.8 Å². The maximum atomic E-state index is 5.62. The zero-order valence-corrected chi connectivity index (χ0v) is 11.4. The zero-order valence-electron chi connectivity index (χ0n) is 7.05. The van der Waals surface area contributed by atoms with E-state index in [2.05, 4.69) is 24.8 Å². The SMILES string of the molecule is CC(C)N1COC2=C1I=CI=C2. The van der Waals surface area contributed by atoms with Crippen molar-refractivity contribution in [3.05, 3.63) is 9.46 Å². The van der Waals surface area contributed by atoms with Crippen molar-refractivity contribution in [3.63, 3.8) is 0 Å². The van der Waals surface area contributed by atoms with Gasteiger partial charge in [0.25, 0.3) is 0 Å². The largest absolute Gasteiger partial charge is 0.470 e. The maximum Gasteiger partial charge on any atom is 0.162 e. The molecule has 4 heteroatoms. The van der Waals surface area contributed by atoms with Gasteiger partial charge in [0.2, 0.25) is 0 Å². The first-order chi connectivity index (χ1) is 5.79. The highest BCUT2D eigenvalue weighted by Gasteiger charge is 2.24. The number of nitrogens with zero attached hydrogens (tertiary/aromatic N) is 1. The Labute approximate surface area is 92.5 Å². The smallest absolute Gasteiger partial charge is 0.162 e. The van der Waals surface area contributed by atoms with Crippen LogP contribution in [0.15, 0.2) is 9.46 Å². The van der Waals surface area contributed by atoms with E-state index in [-0.39, 0.29) is 41.5 Å². The van der Waals surface area contributed by atoms with Crippen molar-refractivity contribution in [1.29, 1.82) is 0 Å². The van der Waals surface area contributed by atoms with Crippen LogP contribution in [0, 0.1) is 0 Å². The first kappa shape index (κ1) is 9.11. The minimum atomic E-state index is 0.170. The van der Waals surface area contributed by atoms with E-state index < -0.39 is 0 Å². The molecule has 0 N–H and O–H groups in total. The second-order valence-electron chi connectivity index (χ2n) is 2.92. The molecule has 0 unspecified atom stereocenters. The molecule has 68 valence electrons. The number of rotatable bonds is 1. The molecule has 0 fully saturated rings. The summed E-state index contributed by atoms with van der Waals surface area (Å²) in [5.41, 5.74) is 0. The van der Waals surface area contributed by atoms with Crippen LogP contribution >= 0.6 is 41.5 Å². The van der Waals surface area contributed by atoms with Gasteiger partial charge in [-0.05, 0) is 13.8 Å². The Balaban J connectivity index is 2.29. The lowest BCUT2D eigenvalue weighted by Crippen LogP contribution is -2.26. The van der Waals surface area contributed by atoms with Gasteiger partial charge in [0.05, 0.1) is 0 Å². The van der Waals surface area contributed by atoms with Crippen molar-refractivity contribution < 1.29 is 4.74 Å². The van der Waals surface area contributed by atoms with Crippen molar-refractivity contribution in [2.75, 3.05) is 6.73 Å². The Hall–Kier alpha value is 0.540. The first-order valence-corrected chi connectivity index (χ1v) is 8.64. The van der Waals surface area contributed by atoms with Crippen molar-refractivity contribution >= 4 is 47.5 Å². The summed E-state index contributed by atoms with van der Waals surface area (Å²) in [5.74, 6) is 1.21. The summed E-state index contributed by atoms with van der Waals surface area (Å²) in [4.78, 5) is 2.39. The molecule has 0 bridgehead atoms. The fraction of sp³-hybridized carbons (Fsp3) is 0.500. The van der Waals surface area contributed by atoms with Crippen LogP contribution in [0.3, 0.4) is 0 Å². The minimum Gasteiger partial charge on any atom is -0.470 e. The number of halogens is 2. The molecular formula is C8H11I2NO. The zero-order chi connectivity index (χ0) is 8.55. The average Bonchev–Trinajstić information content (AvgIpc) is 2.47. The Kier molecular flexibility index (Phi) is 2.83. The molecule has 0 radical (unpaired) electrons. The summed E-state index contributed by atoms with van der Waals surface area (Å²) >= 11 is 0.401. The number of ether oxygens (including phenoxy) is 1. The van der Waals surface area contributed by atoms with Gasteiger partial charge in [0, 0.05) is 12.1 Å². The van der Waals surface area contributed by atoms with Crippen molar-refractivity contribution in [3.8, 4) is 0 Å². The highest BCUT2D eigenvalue weighted by Crippen LogP contribution is 2.34. The van der Waals surface area contributed by atoms with Crippen molar-refractivity contribution in [1.82, 2.24) is 4.90 Å². The van der Waals surface area contributed by atoms with Crippen LogP contribution in [0.25, 0.3) is 0 Å². The van der Waals surface area contributed by atoms with Gasteiger partial charge in [-0.1, -0.05) is 41.5 Å². The molecule has 0 aromatic carbocycles. The lowest BCUT2D eigenvalue weighted by atomic mass is 10.4. The summed E-state index contributed by atoms with van der Waals surface area (Å²) in [7, 11) is 0. The van der Waals surface area contributed by atoms with Gasteiger partial charge in [0.15, 0.2) is 12.5 Å². The van der Waals surface area contributed by atoms with Crippen LogP contribution in [-0.2, 0) is 4.74 Å². The second-order valence-corrected chi connectivity index (χ2v) is 9.53. The number of hydrogen-bond acceptors (Lipinski definition) is 2. The molecule has 0 saturated heterocycles. The predicted molar refractivity (Wildman–Crippen MR) is 70.1 cm³/mol. The van der Waals surface area contributed by atoms with E-state index in [4.69, 9.17) is 4.74 Å². The fourth-order valence-corrected chi connectivity index (χ4v) is 7.99. The van der Waals surface area contributed by atoms with Gasteiger partial charge >= 0.3 is 0 Å². The first-order valence-electron chi connectivity index (χ1n) is 3.83.